The molecular weight excluding hydrogens is 450 g/mol. The molecule has 0 saturated heterocycles. The molecule has 0 bridgehead atoms. The maximum absolute atomic E-state index is 13.3. The zero-order valence-electron chi connectivity index (χ0n) is 20.2. The van der Waals surface area contributed by atoms with Crippen LogP contribution in [0.2, 0.25) is 0 Å². The Morgan fingerprint density at radius 1 is 1.24 bits per heavy atom. The van der Waals surface area contributed by atoms with Crippen molar-refractivity contribution in [2.75, 3.05) is 58.0 Å². The Bertz CT molecular complexity index is 938. The fourth-order valence-electron chi connectivity index (χ4n) is 3.65. The summed E-state index contributed by atoms with van der Waals surface area (Å²) in [6.07, 6.45) is -0.324. The predicted octanol–water partition coefficient (Wildman–Crippen LogP) is 1.43. The molecule has 0 aliphatic carbocycles. The maximum atomic E-state index is 13.3. The number of carbonyl (C=O) groups excluding carboxylic acids is 2. The second kappa shape index (κ2) is 11.7. The SMILES string of the molecule is CCS(=O)(=O)Nc1ccc2c(c1)C(=O)N(C)C[C@@H](OC)[C@H](C)CN(C(=O)COC)[C@H](C)CO2. The predicted molar refractivity (Wildman–Crippen MR) is 125 cm³/mol. The molecule has 0 unspecified atom stereocenters. The van der Waals surface area contributed by atoms with Crippen LogP contribution in [0, 0.1) is 5.92 Å². The van der Waals surface area contributed by atoms with Gasteiger partial charge in [-0.05, 0) is 32.0 Å². The zero-order chi connectivity index (χ0) is 24.8. The second-order valence-corrected chi connectivity index (χ2v) is 10.3. The third-order valence-electron chi connectivity index (χ3n) is 5.69. The van der Waals surface area contributed by atoms with Crippen molar-refractivity contribution in [3.63, 3.8) is 0 Å². The molecular formula is C22H35N3O7S. The first-order chi connectivity index (χ1) is 15.5. The lowest BCUT2D eigenvalue weighted by atomic mass is 10.0. The number of hydrogen-bond acceptors (Lipinski definition) is 7. The van der Waals surface area contributed by atoms with E-state index in [-0.39, 0.29) is 66.6 Å². The molecule has 1 aliphatic heterocycles. The Labute approximate surface area is 196 Å². The minimum absolute atomic E-state index is 0.0510. The largest absolute Gasteiger partial charge is 0.491 e. The molecule has 2 amide bonds. The van der Waals surface area contributed by atoms with Gasteiger partial charge >= 0.3 is 0 Å². The lowest BCUT2D eigenvalue weighted by Gasteiger charge is -2.36. The van der Waals surface area contributed by atoms with Gasteiger partial charge in [-0.15, -0.1) is 0 Å². The first kappa shape index (κ1) is 26.9. The summed E-state index contributed by atoms with van der Waals surface area (Å²) in [7, 11) is 1.18. The van der Waals surface area contributed by atoms with E-state index in [0.717, 1.165) is 0 Å². The van der Waals surface area contributed by atoms with Gasteiger partial charge in [0.2, 0.25) is 15.9 Å². The number of methoxy groups -OCH3 is 2. The molecule has 1 aromatic rings. The van der Waals surface area contributed by atoms with Crippen molar-refractivity contribution in [1.82, 2.24) is 9.80 Å². The summed E-state index contributed by atoms with van der Waals surface area (Å²) in [5.74, 6) is -0.348. The van der Waals surface area contributed by atoms with Crippen LogP contribution in [0.15, 0.2) is 18.2 Å². The molecule has 2 rings (SSSR count). The van der Waals surface area contributed by atoms with Crippen LogP contribution >= 0.6 is 0 Å². The standard InChI is InChI=1S/C22H35N3O7S/c1-7-33(28,29)23-17-8-9-19-18(10-17)22(27)24(4)12-20(31-6)15(2)11-25(16(3)13-32-19)21(26)14-30-5/h8-10,15-16,20,23H,7,11-14H2,1-6H3/t15-,16-,20-/m1/s1. The number of benzene rings is 1. The molecule has 186 valence electrons. The number of ether oxygens (including phenoxy) is 3. The number of hydrogen-bond donors (Lipinski definition) is 1. The number of amides is 2. The molecule has 1 aromatic carbocycles. The lowest BCUT2D eigenvalue weighted by Crippen LogP contribution is -2.49. The number of carbonyl (C=O) groups is 2. The highest BCUT2D eigenvalue weighted by Crippen LogP contribution is 2.27. The van der Waals surface area contributed by atoms with Crippen LogP contribution in [0.4, 0.5) is 5.69 Å². The molecule has 10 nitrogen and oxygen atoms in total. The molecule has 1 aliphatic rings. The lowest BCUT2D eigenvalue weighted by molar-refractivity contribution is -0.139. The average Bonchev–Trinajstić information content (AvgIpc) is 2.78. The number of rotatable bonds is 6. The van der Waals surface area contributed by atoms with Crippen LogP contribution in [0.3, 0.4) is 0 Å². The highest BCUT2D eigenvalue weighted by molar-refractivity contribution is 7.92. The topological polar surface area (TPSA) is 114 Å². The van der Waals surface area contributed by atoms with Gasteiger partial charge in [0.25, 0.3) is 5.91 Å². The Morgan fingerprint density at radius 2 is 1.94 bits per heavy atom. The summed E-state index contributed by atoms with van der Waals surface area (Å²) >= 11 is 0. The number of nitrogens with zero attached hydrogens (tertiary/aromatic N) is 2. The van der Waals surface area contributed by atoms with Crippen molar-refractivity contribution in [2.45, 2.75) is 32.9 Å². The van der Waals surface area contributed by atoms with Crippen molar-refractivity contribution in [3.8, 4) is 5.75 Å². The number of nitrogens with one attached hydrogen (secondary N) is 1. The number of likely N-dealkylation sites (N-methyl/N-ethyl adjacent to an activating group) is 1. The summed E-state index contributed by atoms with van der Waals surface area (Å²) < 4.78 is 43.1. The van der Waals surface area contributed by atoms with Crippen molar-refractivity contribution < 1.29 is 32.2 Å². The average molecular weight is 486 g/mol. The highest BCUT2D eigenvalue weighted by Gasteiger charge is 2.30. The molecule has 0 aromatic heterocycles. The Balaban J connectivity index is 2.47. The summed E-state index contributed by atoms with van der Waals surface area (Å²) in [4.78, 5) is 29.2. The van der Waals surface area contributed by atoms with E-state index in [2.05, 4.69) is 4.72 Å². The van der Waals surface area contributed by atoms with Gasteiger partial charge in [0.1, 0.15) is 19.0 Å². The van der Waals surface area contributed by atoms with Crippen molar-refractivity contribution in [1.29, 1.82) is 0 Å². The van der Waals surface area contributed by atoms with Crippen molar-refractivity contribution >= 4 is 27.5 Å². The van der Waals surface area contributed by atoms with E-state index >= 15 is 0 Å². The molecule has 0 radical (unpaired) electrons. The fraction of sp³-hybridized carbons (Fsp3) is 0.636. The Hall–Kier alpha value is -2.37. The molecule has 1 N–H and O–H groups in total. The van der Waals surface area contributed by atoms with E-state index in [9.17, 15) is 18.0 Å². The van der Waals surface area contributed by atoms with Crippen LogP contribution in [-0.4, -0.2) is 95.5 Å². The molecule has 3 atom stereocenters. The van der Waals surface area contributed by atoms with E-state index in [1.165, 1.54) is 25.0 Å². The van der Waals surface area contributed by atoms with Gasteiger partial charge in [0.05, 0.1) is 23.5 Å². The van der Waals surface area contributed by atoms with E-state index < -0.39 is 10.0 Å². The molecule has 1 heterocycles. The first-order valence-electron chi connectivity index (χ1n) is 10.9. The number of sulfonamides is 1. The third kappa shape index (κ3) is 7.05. The highest BCUT2D eigenvalue weighted by atomic mass is 32.2. The van der Waals surface area contributed by atoms with Gasteiger partial charge < -0.3 is 24.0 Å². The summed E-state index contributed by atoms with van der Waals surface area (Å²) in [5, 5.41) is 0. The van der Waals surface area contributed by atoms with Gasteiger partial charge in [-0.1, -0.05) is 6.92 Å². The van der Waals surface area contributed by atoms with Crippen LogP contribution in [-0.2, 0) is 24.3 Å². The van der Waals surface area contributed by atoms with Gasteiger partial charge in [0, 0.05) is 46.0 Å². The number of anilines is 1. The number of fused-ring (bicyclic) bond motifs is 1. The minimum atomic E-state index is -3.51. The van der Waals surface area contributed by atoms with Gasteiger partial charge in [0.15, 0.2) is 0 Å². The quantitative estimate of drug-likeness (QED) is 0.648. The fourth-order valence-corrected chi connectivity index (χ4v) is 4.28. The molecule has 0 spiro atoms. The Morgan fingerprint density at radius 3 is 2.55 bits per heavy atom. The molecule has 11 heteroatoms. The normalized spacial score (nSPS) is 22.6. The van der Waals surface area contributed by atoms with Crippen molar-refractivity contribution in [3.05, 3.63) is 23.8 Å². The van der Waals surface area contributed by atoms with Crippen molar-refractivity contribution in [2.24, 2.45) is 5.92 Å². The summed E-state index contributed by atoms with van der Waals surface area (Å²) in [6, 6.07) is 4.27. The van der Waals surface area contributed by atoms with Crippen LogP contribution < -0.4 is 9.46 Å². The van der Waals surface area contributed by atoms with E-state index in [0.29, 0.717) is 12.3 Å². The molecule has 33 heavy (non-hydrogen) atoms. The second-order valence-electron chi connectivity index (χ2n) is 8.29. The summed E-state index contributed by atoms with van der Waals surface area (Å²) in [6.45, 7) is 6.14. The van der Waals surface area contributed by atoms with E-state index in [4.69, 9.17) is 14.2 Å². The van der Waals surface area contributed by atoms with Crippen LogP contribution in [0.1, 0.15) is 31.1 Å². The molecule has 0 saturated carbocycles. The van der Waals surface area contributed by atoms with Crippen LogP contribution in [0.5, 0.6) is 5.75 Å². The van der Waals surface area contributed by atoms with Gasteiger partial charge in [-0.3, -0.25) is 14.3 Å². The zero-order valence-corrected chi connectivity index (χ0v) is 21.0. The minimum Gasteiger partial charge on any atom is -0.491 e. The van der Waals surface area contributed by atoms with E-state index in [1.54, 1.807) is 31.2 Å². The summed E-state index contributed by atoms with van der Waals surface area (Å²) in [5.41, 5.74) is 0.494. The van der Waals surface area contributed by atoms with Crippen LogP contribution in [0.25, 0.3) is 0 Å². The maximum Gasteiger partial charge on any atom is 0.257 e. The molecule has 0 fully saturated rings. The third-order valence-corrected chi connectivity index (χ3v) is 6.99. The van der Waals surface area contributed by atoms with E-state index in [1.807, 2.05) is 13.8 Å². The smallest absolute Gasteiger partial charge is 0.257 e. The monoisotopic (exact) mass is 485 g/mol. The van der Waals surface area contributed by atoms with Gasteiger partial charge in [-0.2, -0.15) is 0 Å². The Kier molecular flexibility index (Phi) is 9.50. The first-order valence-corrected chi connectivity index (χ1v) is 12.5. The van der Waals surface area contributed by atoms with Gasteiger partial charge in [-0.25, -0.2) is 8.42 Å².